The number of ether oxygens (including phenoxy) is 1. The van der Waals surface area contributed by atoms with Crippen molar-refractivity contribution in [2.24, 2.45) is 11.8 Å². The third-order valence-electron chi connectivity index (χ3n) is 3.36. The van der Waals surface area contributed by atoms with Crippen LogP contribution in [0.25, 0.3) is 10.2 Å². The maximum atomic E-state index is 5.84. The Morgan fingerprint density at radius 1 is 1.35 bits per heavy atom. The highest BCUT2D eigenvalue weighted by Crippen LogP contribution is 2.24. The van der Waals surface area contributed by atoms with Crippen LogP contribution in [0.5, 0.6) is 0 Å². The van der Waals surface area contributed by atoms with Crippen molar-refractivity contribution in [3.8, 4) is 0 Å². The van der Waals surface area contributed by atoms with E-state index in [4.69, 9.17) is 10.6 Å². The number of nitrogens with one attached hydrogen (secondary N) is 1. The van der Waals surface area contributed by atoms with Crippen LogP contribution in [0.4, 0.5) is 0 Å². The number of rotatable bonds is 7. The van der Waals surface area contributed by atoms with Crippen LogP contribution in [0.15, 0.2) is 24.3 Å². The number of thiazole rings is 1. The average molecular weight is 293 g/mol. The van der Waals surface area contributed by atoms with E-state index in [-0.39, 0.29) is 12.1 Å². The summed E-state index contributed by atoms with van der Waals surface area (Å²) in [5, 5.41) is 1.10. The van der Waals surface area contributed by atoms with Gasteiger partial charge in [0.1, 0.15) is 0 Å². The summed E-state index contributed by atoms with van der Waals surface area (Å²) in [6.07, 6.45) is 0.885. The highest BCUT2D eigenvalue weighted by atomic mass is 32.1. The highest BCUT2D eigenvalue weighted by Gasteiger charge is 2.25. The number of fused-ring (bicyclic) bond motifs is 1. The molecule has 0 bridgehead atoms. The number of nitrogens with zero attached hydrogens (tertiary/aromatic N) is 1. The van der Waals surface area contributed by atoms with Gasteiger partial charge in [-0.15, -0.1) is 11.3 Å². The zero-order valence-corrected chi connectivity index (χ0v) is 13.1. The van der Waals surface area contributed by atoms with Gasteiger partial charge in [0, 0.05) is 13.0 Å². The summed E-state index contributed by atoms with van der Waals surface area (Å²) in [5.74, 6) is 6.14. The minimum absolute atomic E-state index is 0.0792. The molecule has 2 atom stereocenters. The number of nitrogens with two attached hydrogens (primary N) is 1. The van der Waals surface area contributed by atoms with Crippen LogP contribution in [0.2, 0.25) is 0 Å². The van der Waals surface area contributed by atoms with E-state index >= 15 is 0 Å². The maximum absolute atomic E-state index is 5.84. The molecule has 0 aliphatic carbocycles. The van der Waals surface area contributed by atoms with Crippen LogP contribution in [-0.2, 0) is 11.2 Å². The first kappa shape index (κ1) is 15.4. The van der Waals surface area contributed by atoms with Crippen molar-refractivity contribution in [1.29, 1.82) is 0 Å². The first-order chi connectivity index (χ1) is 9.65. The molecule has 1 aromatic heterocycles. The van der Waals surface area contributed by atoms with Gasteiger partial charge in [-0.05, 0) is 25.0 Å². The van der Waals surface area contributed by atoms with Crippen molar-refractivity contribution in [1.82, 2.24) is 10.4 Å². The Morgan fingerprint density at radius 2 is 2.10 bits per heavy atom. The van der Waals surface area contributed by atoms with E-state index in [1.54, 1.807) is 11.3 Å². The molecule has 20 heavy (non-hydrogen) atoms. The number of benzene rings is 1. The fourth-order valence-corrected chi connectivity index (χ4v) is 3.46. The first-order valence-corrected chi connectivity index (χ1v) is 7.89. The fourth-order valence-electron chi connectivity index (χ4n) is 2.43. The smallest absolute Gasteiger partial charge is 0.0955 e. The maximum Gasteiger partial charge on any atom is 0.0955 e. The molecule has 0 fully saturated rings. The molecule has 2 rings (SSSR count). The van der Waals surface area contributed by atoms with E-state index in [9.17, 15) is 0 Å². The molecule has 0 aliphatic rings. The predicted molar refractivity (Wildman–Crippen MR) is 84.7 cm³/mol. The molecule has 1 heterocycles. The summed E-state index contributed by atoms with van der Waals surface area (Å²) in [7, 11) is 0. The molecule has 2 aromatic rings. The summed E-state index contributed by atoms with van der Waals surface area (Å²) in [6, 6.07) is 8.28. The van der Waals surface area contributed by atoms with Gasteiger partial charge in [0.15, 0.2) is 0 Å². The molecule has 0 saturated heterocycles. The Hall–Kier alpha value is -1.01. The van der Waals surface area contributed by atoms with Gasteiger partial charge < -0.3 is 4.74 Å². The Labute approximate surface area is 124 Å². The minimum atomic E-state index is 0.0792. The summed E-state index contributed by atoms with van der Waals surface area (Å²) >= 11 is 1.73. The van der Waals surface area contributed by atoms with Gasteiger partial charge in [-0.2, -0.15) is 0 Å². The predicted octanol–water partition coefficient (Wildman–Crippen LogP) is 2.73. The largest absolute Gasteiger partial charge is 0.377 e. The van der Waals surface area contributed by atoms with Gasteiger partial charge in [0.05, 0.1) is 27.4 Å². The Morgan fingerprint density at radius 3 is 2.70 bits per heavy atom. The fraction of sp³-hybridized carbons (Fsp3) is 0.533. The van der Waals surface area contributed by atoms with Crippen LogP contribution < -0.4 is 11.3 Å². The summed E-state index contributed by atoms with van der Waals surface area (Å²) in [4.78, 5) is 4.67. The quantitative estimate of drug-likeness (QED) is 0.609. The molecule has 0 radical (unpaired) electrons. The highest BCUT2D eigenvalue weighted by molar-refractivity contribution is 7.18. The molecule has 110 valence electrons. The second-order valence-electron chi connectivity index (χ2n) is 5.22. The topological polar surface area (TPSA) is 60.2 Å². The van der Waals surface area contributed by atoms with Gasteiger partial charge in [0.25, 0.3) is 0 Å². The third-order valence-corrected chi connectivity index (χ3v) is 4.42. The first-order valence-electron chi connectivity index (χ1n) is 7.07. The molecule has 5 heteroatoms. The summed E-state index contributed by atoms with van der Waals surface area (Å²) < 4.78 is 7.06. The van der Waals surface area contributed by atoms with Gasteiger partial charge in [-0.3, -0.25) is 11.3 Å². The van der Waals surface area contributed by atoms with Crippen LogP contribution in [0, 0.1) is 5.92 Å². The Kier molecular flexibility index (Phi) is 5.48. The monoisotopic (exact) mass is 293 g/mol. The zero-order chi connectivity index (χ0) is 14.5. The molecule has 0 amide bonds. The summed E-state index contributed by atoms with van der Waals surface area (Å²) in [6.45, 7) is 7.02. The SMILES string of the molecule is CCOC(C(C)C)C(Cc1nc2ccccc2s1)NN. The Bertz CT molecular complexity index is 508. The van der Waals surface area contributed by atoms with Gasteiger partial charge >= 0.3 is 0 Å². The van der Waals surface area contributed by atoms with Crippen LogP contribution in [0.1, 0.15) is 25.8 Å². The van der Waals surface area contributed by atoms with Gasteiger partial charge in [-0.25, -0.2) is 4.98 Å². The number of aromatic nitrogens is 1. The van der Waals surface area contributed by atoms with Crippen molar-refractivity contribution in [2.75, 3.05) is 6.61 Å². The molecule has 1 aromatic carbocycles. The number of hydrazine groups is 1. The number of hydrogen-bond donors (Lipinski definition) is 2. The van der Waals surface area contributed by atoms with E-state index in [1.807, 2.05) is 25.1 Å². The van der Waals surface area contributed by atoms with Crippen molar-refractivity contribution >= 4 is 21.6 Å². The number of para-hydroxylation sites is 1. The van der Waals surface area contributed by atoms with E-state index in [2.05, 4.69) is 30.3 Å². The van der Waals surface area contributed by atoms with Crippen molar-refractivity contribution in [3.63, 3.8) is 0 Å². The van der Waals surface area contributed by atoms with E-state index in [0.29, 0.717) is 12.5 Å². The summed E-state index contributed by atoms with van der Waals surface area (Å²) in [5.41, 5.74) is 3.96. The minimum Gasteiger partial charge on any atom is -0.377 e. The van der Waals surface area contributed by atoms with Crippen molar-refractivity contribution in [3.05, 3.63) is 29.3 Å². The molecule has 0 aliphatic heterocycles. The van der Waals surface area contributed by atoms with Gasteiger partial charge in [-0.1, -0.05) is 26.0 Å². The zero-order valence-electron chi connectivity index (χ0n) is 12.3. The van der Waals surface area contributed by atoms with Crippen molar-refractivity contribution < 1.29 is 4.74 Å². The Balaban J connectivity index is 2.15. The molecule has 0 saturated carbocycles. The van der Waals surface area contributed by atoms with E-state index < -0.39 is 0 Å². The number of hydrogen-bond acceptors (Lipinski definition) is 5. The third kappa shape index (κ3) is 3.55. The van der Waals surface area contributed by atoms with Gasteiger partial charge in [0.2, 0.25) is 0 Å². The van der Waals surface area contributed by atoms with Crippen LogP contribution >= 0.6 is 11.3 Å². The lowest BCUT2D eigenvalue weighted by Crippen LogP contribution is -2.48. The van der Waals surface area contributed by atoms with E-state index in [0.717, 1.165) is 16.9 Å². The lowest BCUT2D eigenvalue weighted by molar-refractivity contribution is 0.00355. The molecular weight excluding hydrogens is 270 g/mol. The normalized spacial score (nSPS) is 14.8. The molecule has 4 nitrogen and oxygen atoms in total. The van der Waals surface area contributed by atoms with Crippen molar-refractivity contribution in [2.45, 2.75) is 39.3 Å². The second-order valence-corrected chi connectivity index (χ2v) is 6.33. The standard InChI is InChI=1S/C15H23N3OS/c1-4-19-15(10(2)3)12(18-16)9-14-17-11-7-5-6-8-13(11)20-14/h5-8,10,12,15,18H,4,9,16H2,1-3H3. The average Bonchev–Trinajstić information content (AvgIpc) is 2.84. The molecule has 0 spiro atoms. The second kappa shape index (κ2) is 7.13. The molecule has 3 N–H and O–H groups in total. The molecular formula is C15H23N3OS. The lowest BCUT2D eigenvalue weighted by atomic mass is 9.97. The molecule has 2 unspecified atom stereocenters. The van der Waals surface area contributed by atoms with E-state index in [1.165, 1.54) is 4.70 Å². The van der Waals surface area contributed by atoms with Crippen LogP contribution in [-0.4, -0.2) is 23.7 Å². The van der Waals surface area contributed by atoms with Crippen LogP contribution in [0.3, 0.4) is 0 Å². The lowest BCUT2D eigenvalue weighted by Gasteiger charge is -2.28.